The number of aliphatic hydroxyl groups is 1. The first-order chi connectivity index (χ1) is 6.87. The van der Waals surface area contributed by atoms with Crippen LogP contribution in [0.1, 0.15) is 33.1 Å². The van der Waals surface area contributed by atoms with Gasteiger partial charge in [0.15, 0.2) is 11.6 Å². The number of hydrogen-bond acceptors (Lipinski definition) is 4. The molecule has 4 nitrogen and oxygen atoms in total. The fourth-order valence-electron chi connectivity index (χ4n) is 1.77. The van der Waals surface area contributed by atoms with Gasteiger partial charge in [0.1, 0.15) is 12.0 Å². The molecule has 82 valence electrons. The average Bonchev–Trinajstić information content (AvgIpc) is 1.99. The average molecular weight is 210 g/mol. The van der Waals surface area contributed by atoms with Crippen LogP contribution >= 0.6 is 0 Å². The van der Waals surface area contributed by atoms with Crippen molar-refractivity contribution >= 4 is 17.9 Å². The van der Waals surface area contributed by atoms with Crippen LogP contribution in [-0.4, -0.2) is 23.0 Å². The molecule has 0 aromatic carbocycles. The third kappa shape index (κ3) is 2.52. The zero-order chi connectivity index (χ0) is 11.6. The minimum absolute atomic E-state index is 0.179. The molecule has 1 fully saturated rings. The Kier molecular flexibility index (Phi) is 3.07. The van der Waals surface area contributed by atoms with Gasteiger partial charge < -0.3 is 9.90 Å². The summed E-state index contributed by atoms with van der Waals surface area (Å²) in [4.78, 5) is 33.3. The van der Waals surface area contributed by atoms with Gasteiger partial charge in [0.2, 0.25) is 0 Å². The summed E-state index contributed by atoms with van der Waals surface area (Å²) in [6, 6.07) is 0. The van der Waals surface area contributed by atoms with Gasteiger partial charge in [-0.05, 0) is 5.41 Å². The van der Waals surface area contributed by atoms with Crippen molar-refractivity contribution in [2.75, 3.05) is 0 Å². The largest absolute Gasteiger partial charge is 0.511 e. The summed E-state index contributed by atoms with van der Waals surface area (Å²) in [5, 5.41) is 9.39. The third-order valence-corrected chi connectivity index (χ3v) is 2.40. The summed E-state index contributed by atoms with van der Waals surface area (Å²) in [5.74, 6) is -1.12. The Hall–Kier alpha value is -1.45. The number of aliphatic hydroxyl groups excluding tert-OH is 1. The first-order valence-corrected chi connectivity index (χ1v) is 4.79. The number of carbonyl (C=O) groups excluding carboxylic acids is 3. The van der Waals surface area contributed by atoms with Crippen LogP contribution in [0.2, 0.25) is 0 Å². The molecule has 0 spiro atoms. The minimum atomic E-state index is -0.393. The maximum atomic E-state index is 11.6. The molecule has 0 unspecified atom stereocenters. The summed E-state index contributed by atoms with van der Waals surface area (Å²) in [6.07, 6.45) is 0.671. The highest BCUT2D eigenvalue weighted by Gasteiger charge is 2.37. The maximum Gasteiger partial charge on any atom is 0.170 e. The Labute approximate surface area is 88.0 Å². The highest BCUT2D eigenvalue weighted by atomic mass is 16.3. The molecule has 0 atom stereocenters. The quantitative estimate of drug-likeness (QED) is 0.323. The van der Waals surface area contributed by atoms with Crippen molar-refractivity contribution < 1.29 is 19.5 Å². The van der Waals surface area contributed by atoms with Crippen LogP contribution in [0, 0.1) is 5.41 Å². The fourth-order valence-corrected chi connectivity index (χ4v) is 1.77. The highest BCUT2D eigenvalue weighted by molar-refractivity contribution is 6.22. The van der Waals surface area contributed by atoms with Crippen LogP contribution in [-0.2, 0) is 14.4 Å². The molecule has 1 N–H and O–H groups in total. The molecular formula is C11H14O4. The summed E-state index contributed by atoms with van der Waals surface area (Å²) in [7, 11) is 0. The second kappa shape index (κ2) is 3.96. The van der Waals surface area contributed by atoms with E-state index in [0.717, 1.165) is 0 Å². The number of ketones is 2. The van der Waals surface area contributed by atoms with Crippen molar-refractivity contribution in [2.45, 2.75) is 33.1 Å². The van der Waals surface area contributed by atoms with E-state index in [4.69, 9.17) is 0 Å². The number of allylic oxidation sites excluding steroid dienone is 2. The van der Waals surface area contributed by atoms with Crippen molar-refractivity contribution in [1.29, 1.82) is 0 Å². The fraction of sp³-hybridized carbons (Fsp3) is 0.545. The van der Waals surface area contributed by atoms with Crippen LogP contribution < -0.4 is 0 Å². The first kappa shape index (κ1) is 11.6. The van der Waals surface area contributed by atoms with Gasteiger partial charge in [-0.2, -0.15) is 0 Å². The van der Waals surface area contributed by atoms with E-state index in [1.165, 1.54) is 0 Å². The Balaban J connectivity index is 3.03. The molecule has 1 aliphatic carbocycles. The van der Waals surface area contributed by atoms with Crippen molar-refractivity contribution in [3.63, 3.8) is 0 Å². The number of rotatable bonds is 2. The van der Waals surface area contributed by atoms with Gasteiger partial charge >= 0.3 is 0 Å². The maximum absolute atomic E-state index is 11.6. The molecule has 0 amide bonds. The van der Waals surface area contributed by atoms with E-state index >= 15 is 0 Å². The molecule has 0 radical (unpaired) electrons. The van der Waals surface area contributed by atoms with Crippen molar-refractivity contribution in [2.24, 2.45) is 5.41 Å². The van der Waals surface area contributed by atoms with Gasteiger partial charge in [0.25, 0.3) is 0 Å². The molecule has 0 saturated heterocycles. The van der Waals surface area contributed by atoms with Gasteiger partial charge in [0.05, 0.1) is 12.0 Å². The van der Waals surface area contributed by atoms with Gasteiger partial charge in [-0.1, -0.05) is 13.8 Å². The number of Topliss-reactive ketones (excluding diaryl/α,β-unsaturated/α-hetero) is 2. The van der Waals surface area contributed by atoms with E-state index in [1.807, 2.05) is 13.8 Å². The predicted octanol–water partition coefficient (Wildman–Crippen LogP) is 1.35. The molecule has 1 aliphatic rings. The molecule has 1 rings (SSSR count). The standard InChI is InChI=1S/C11H14O4/c1-11(2)5-8(14)10(9(15)6-11)7(13)3-4-12/h4,13H,3,5-6H2,1-2H3. The van der Waals surface area contributed by atoms with Crippen LogP contribution in [0.3, 0.4) is 0 Å². The van der Waals surface area contributed by atoms with Crippen molar-refractivity contribution in [1.82, 2.24) is 0 Å². The van der Waals surface area contributed by atoms with Crippen molar-refractivity contribution in [3.8, 4) is 0 Å². The molecule has 4 heteroatoms. The lowest BCUT2D eigenvalue weighted by molar-refractivity contribution is -0.127. The Morgan fingerprint density at radius 2 is 1.80 bits per heavy atom. The number of carbonyl (C=O) groups is 3. The summed E-state index contributed by atoms with van der Waals surface area (Å²) in [5.41, 5.74) is -0.527. The molecule has 0 aromatic rings. The summed E-state index contributed by atoms with van der Waals surface area (Å²) >= 11 is 0. The van der Waals surface area contributed by atoms with Crippen molar-refractivity contribution in [3.05, 3.63) is 11.3 Å². The predicted molar refractivity (Wildman–Crippen MR) is 53.4 cm³/mol. The smallest absolute Gasteiger partial charge is 0.170 e. The normalized spacial score (nSPS) is 20.3. The van der Waals surface area contributed by atoms with Crippen LogP contribution in [0.5, 0.6) is 0 Å². The van der Waals surface area contributed by atoms with E-state index in [9.17, 15) is 19.5 Å². The zero-order valence-corrected chi connectivity index (χ0v) is 8.87. The van der Waals surface area contributed by atoms with E-state index in [0.29, 0.717) is 6.29 Å². The lowest BCUT2D eigenvalue weighted by atomic mass is 9.73. The Bertz CT molecular complexity index is 328. The monoisotopic (exact) mass is 210 g/mol. The van der Waals surface area contributed by atoms with Crippen LogP contribution in [0.25, 0.3) is 0 Å². The van der Waals surface area contributed by atoms with E-state index in [2.05, 4.69) is 0 Å². The van der Waals surface area contributed by atoms with E-state index in [1.54, 1.807) is 0 Å². The lowest BCUT2D eigenvalue weighted by Gasteiger charge is -2.28. The van der Waals surface area contributed by atoms with Gasteiger partial charge in [-0.25, -0.2) is 0 Å². The van der Waals surface area contributed by atoms with Gasteiger partial charge in [-0.15, -0.1) is 0 Å². The molecule has 15 heavy (non-hydrogen) atoms. The molecule has 0 bridgehead atoms. The summed E-state index contributed by atoms with van der Waals surface area (Å²) in [6.45, 7) is 3.66. The Morgan fingerprint density at radius 3 is 2.20 bits per heavy atom. The molecule has 0 aromatic heterocycles. The zero-order valence-electron chi connectivity index (χ0n) is 8.87. The third-order valence-electron chi connectivity index (χ3n) is 2.40. The van der Waals surface area contributed by atoms with Gasteiger partial charge in [0, 0.05) is 12.8 Å². The number of hydrogen-bond donors (Lipinski definition) is 1. The first-order valence-electron chi connectivity index (χ1n) is 4.79. The molecule has 0 aliphatic heterocycles. The highest BCUT2D eigenvalue weighted by Crippen LogP contribution is 2.34. The number of aldehydes is 1. The molecular weight excluding hydrogens is 196 g/mol. The molecule has 0 heterocycles. The van der Waals surface area contributed by atoms with Crippen LogP contribution in [0.4, 0.5) is 0 Å². The van der Waals surface area contributed by atoms with E-state index < -0.39 is 5.76 Å². The van der Waals surface area contributed by atoms with Gasteiger partial charge in [-0.3, -0.25) is 9.59 Å². The van der Waals surface area contributed by atoms with Crippen LogP contribution in [0.15, 0.2) is 11.3 Å². The topological polar surface area (TPSA) is 71.4 Å². The summed E-state index contributed by atoms with van der Waals surface area (Å²) < 4.78 is 0. The Morgan fingerprint density at radius 1 is 1.33 bits per heavy atom. The lowest BCUT2D eigenvalue weighted by Crippen LogP contribution is -2.32. The minimum Gasteiger partial charge on any atom is -0.511 e. The molecule has 1 saturated carbocycles. The second-order valence-electron chi connectivity index (χ2n) is 4.56. The SMILES string of the molecule is CC1(C)CC(=O)C(=C(O)CC=O)C(=O)C1. The van der Waals surface area contributed by atoms with E-state index in [-0.39, 0.29) is 41.8 Å². The second-order valence-corrected chi connectivity index (χ2v) is 4.56.